The lowest BCUT2D eigenvalue weighted by Gasteiger charge is -2.29. The van der Waals surface area contributed by atoms with E-state index >= 15 is 0 Å². The summed E-state index contributed by atoms with van der Waals surface area (Å²) >= 11 is 0. The zero-order chi connectivity index (χ0) is 20.1. The molecule has 1 atom stereocenters. The van der Waals surface area contributed by atoms with Crippen LogP contribution in [-0.2, 0) is 16.0 Å². The van der Waals surface area contributed by atoms with E-state index in [0.717, 1.165) is 50.8 Å². The Morgan fingerprint density at radius 3 is 2.76 bits per heavy atom. The van der Waals surface area contributed by atoms with Crippen molar-refractivity contribution < 1.29 is 14.3 Å². The number of piperidine rings is 1. The number of pyridine rings is 1. The van der Waals surface area contributed by atoms with Gasteiger partial charge in [-0.3, -0.25) is 4.79 Å². The number of nitrogens with one attached hydrogen (secondary N) is 1. The van der Waals surface area contributed by atoms with Crippen LogP contribution in [0.1, 0.15) is 59.6 Å². The third-order valence-corrected chi connectivity index (χ3v) is 5.70. The molecule has 0 radical (unpaired) electrons. The van der Waals surface area contributed by atoms with Crippen LogP contribution in [0, 0.1) is 0 Å². The van der Waals surface area contributed by atoms with Crippen molar-refractivity contribution in [1.29, 1.82) is 0 Å². The smallest absolute Gasteiger partial charge is 0.342 e. The monoisotopic (exact) mass is 393 g/mol. The maximum Gasteiger partial charge on any atom is 0.342 e. The van der Waals surface area contributed by atoms with E-state index < -0.39 is 5.97 Å². The molecule has 4 rings (SSSR count). The number of amides is 1. The van der Waals surface area contributed by atoms with Crippen molar-refractivity contribution in [2.75, 3.05) is 24.6 Å². The maximum atomic E-state index is 12.6. The molecule has 1 saturated heterocycles. The van der Waals surface area contributed by atoms with Gasteiger partial charge < -0.3 is 15.0 Å². The van der Waals surface area contributed by atoms with Gasteiger partial charge in [-0.15, -0.1) is 0 Å². The second-order valence-corrected chi connectivity index (χ2v) is 7.71. The van der Waals surface area contributed by atoms with Gasteiger partial charge in [-0.25, -0.2) is 9.78 Å². The minimum Gasteiger partial charge on any atom is -0.452 e. The number of carbonyl (C=O) groups is 2. The fourth-order valence-corrected chi connectivity index (χ4v) is 4.26. The lowest BCUT2D eigenvalue weighted by Crippen LogP contribution is -2.35. The van der Waals surface area contributed by atoms with Crippen LogP contribution >= 0.6 is 0 Å². The number of esters is 1. The Bertz CT molecular complexity index is 877. The minimum absolute atomic E-state index is 0.0199. The van der Waals surface area contributed by atoms with E-state index in [4.69, 9.17) is 4.74 Å². The molecule has 1 aliphatic carbocycles. The van der Waals surface area contributed by atoms with Crippen LogP contribution in [-0.4, -0.2) is 36.6 Å². The molecule has 152 valence electrons. The van der Waals surface area contributed by atoms with Crippen molar-refractivity contribution >= 4 is 17.7 Å². The van der Waals surface area contributed by atoms with E-state index in [0.29, 0.717) is 11.4 Å². The standard InChI is InChI=1S/C23H27N3O3/c27-21(25-20-12-6-9-17-8-2-3-10-18(17)20)16-29-23(28)19-11-7-13-24-22(19)26-14-4-1-5-15-26/h2-3,7-8,10-11,13,20H,1,4-6,9,12,14-16H2,(H,25,27). The van der Waals surface area contributed by atoms with Crippen LogP contribution < -0.4 is 10.2 Å². The van der Waals surface area contributed by atoms with Crippen molar-refractivity contribution in [3.63, 3.8) is 0 Å². The SMILES string of the molecule is O=C(COC(=O)c1cccnc1N1CCCCC1)NC1CCCc2ccccc21. The highest BCUT2D eigenvalue weighted by Crippen LogP contribution is 2.29. The average Bonchev–Trinajstić information content (AvgIpc) is 2.78. The molecule has 29 heavy (non-hydrogen) atoms. The van der Waals surface area contributed by atoms with Gasteiger partial charge in [0.15, 0.2) is 6.61 Å². The molecule has 0 saturated carbocycles. The van der Waals surface area contributed by atoms with Crippen molar-refractivity contribution in [2.24, 2.45) is 0 Å². The molecular formula is C23H27N3O3. The van der Waals surface area contributed by atoms with E-state index in [1.165, 1.54) is 12.0 Å². The first kappa shape index (κ1) is 19.4. The largest absolute Gasteiger partial charge is 0.452 e. The molecule has 2 aliphatic rings. The number of fused-ring (bicyclic) bond motifs is 1. The van der Waals surface area contributed by atoms with E-state index in [1.54, 1.807) is 18.3 Å². The van der Waals surface area contributed by atoms with Gasteiger partial charge in [0, 0.05) is 19.3 Å². The highest BCUT2D eigenvalue weighted by molar-refractivity contribution is 5.96. The Morgan fingerprint density at radius 2 is 1.90 bits per heavy atom. The van der Waals surface area contributed by atoms with Crippen LogP contribution in [0.25, 0.3) is 0 Å². The Balaban J connectivity index is 1.36. The molecule has 1 aromatic carbocycles. The summed E-state index contributed by atoms with van der Waals surface area (Å²) in [6.45, 7) is 1.49. The highest BCUT2D eigenvalue weighted by atomic mass is 16.5. The maximum absolute atomic E-state index is 12.6. The van der Waals surface area contributed by atoms with E-state index in [9.17, 15) is 9.59 Å². The zero-order valence-electron chi connectivity index (χ0n) is 16.6. The lowest BCUT2D eigenvalue weighted by atomic mass is 9.88. The minimum atomic E-state index is -0.502. The third kappa shape index (κ3) is 4.58. The molecule has 1 aliphatic heterocycles. The Kier molecular flexibility index (Phi) is 6.08. The van der Waals surface area contributed by atoms with Crippen LogP contribution in [0.15, 0.2) is 42.6 Å². The topological polar surface area (TPSA) is 71.5 Å². The van der Waals surface area contributed by atoms with Gasteiger partial charge in [-0.2, -0.15) is 0 Å². The quantitative estimate of drug-likeness (QED) is 0.788. The number of ether oxygens (including phenoxy) is 1. The second-order valence-electron chi connectivity index (χ2n) is 7.71. The van der Waals surface area contributed by atoms with Gasteiger partial charge in [0.05, 0.1) is 6.04 Å². The van der Waals surface area contributed by atoms with Gasteiger partial charge in [-0.05, 0) is 61.8 Å². The third-order valence-electron chi connectivity index (χ3n) is 5.70. The number of rotatable bonds is 5. The normalized spacial score (nSPS) is 18.6. The molecule has 1 aromatic heterocycles. The number of benzene rings is 1. The molecule has 1 unspecified atom stereocenters. The van der Waals surface area contributed by atoms with Crippen molar-refractivity contribution in [3.05, 3.63) is 59.3 Å². The first-order valence-electron chi connectivity index (χ1n) is 10.5. The molecule has 1 amide bonds. The van der Waals surface area contributed by atoms with Gasteiger partial charge in [-0.1, -0.05) is 24.3 Å². The summed E-state index contributed by atoms with van der Waals surface area (Å²) in [6.07, 6.45) is 8.06. The predicted molar refractivity (Wildman–Crippen MR) is 111 cm³/mol. The highest BCUT2D eigenvalue weighted by Gasteiger charge is 2.24. The number of aryl methyl sites for hydroxylation is 1. The second kappa shape index (κ2) is 9.07. The summed E-state index contributed by atoms with van der Waals surface area (Å²) in [4.78, 5) is 31.6. The van der Waals surface area contributed by atoms with Crippen molar-refractivity contribution in [1.82, 2.24) is 10.3 Å². The van der Waals surface area contributed by atoms with Gasteiger partial charge in [0.1, 0.15) is 11.4 Å². The van der Waals surface area contributed by atoms with Gasteiger partial charge >= 0.3 is 5.97 Å². The van der Waals surface area contributed by atoms with Crippen molar-refractivity contribution in [2.45, 2.75) is 44.6 Å². The van der Waals surface area contributed by atoms with E-state index in [1.807, 2.05) is 12.1 Å². The van der Waals surface area contributed by atoms with Crippen LogP contribution in [0.3, 0.4) is 0 Å². The molecule has 0 spiro atoms. The molecule has 1 fully saturated rings. The Hall–Kier alpha value is -2.89. The fraction of sp³-hybridized carbons (Fsp3) is 0.435. The number of hydrogen-bond acceptors (Lipinski definition) is 5. The first-order chi connectivity index (χ1) is 14.2. The Morgan fingerprint density at radius 1 is 1.07 bits per heavy atom. The molecule has 1 N–H and O–H groups in total. The number of anilines is 1. The summed E-state index contributed by atoms with van der Waals surface area (Å²) < 4.78 is 5.33. The van der Waals surface area contributed by atoms with Crippen LogP contribution in [0.5, 0.6) is 0 Å². The number of aromatic nitrogens is 1. The lowest BCUT2D eigenvalue weighted by molar-refractivity contribution is -0.125. The summed E-state index contributed by atoms with van der Waals surface area (Å²) in [5, 5.41) is 3.02. The molecule has 2 heterocycles. The molecule has 6 heteroatoms. The summed E-state index contributed by atoms with van der Waals surface area (Å²) in [5.41, 5.74) is 2.87. The number of hydrogen-bond donors (Lipinski definition) is 1. The summed E-state index contributed by atoms with van der Waals surface area (Å²) in [6, 6.07) is 11.6. The first-order valence-corrected chi connectivity index (χ1v) is 10.5. The van der Waals surface area contributed by atoms with E-state index in [2.05, 4.69) is 27.3 Å². The summed E-state index contributed by atoms with van der Waals surface area (Å²) in [7, 11) is 0. The molecule has 2 aromatic rings. The fourth-order valence-electron chi connectivity index (χ4n) is 4.26. The summed E-state index contributed by atoms with van der Waals surface area (Å²) in [5.74, 6) is -0.125. The van der Waals surface area contributed by atoms with Gasteiger partial charge in [0.25, 0.3) is 5.91 Å². The van der Waals surface area contributed by atoms with Crippen molar-refractivity contribution in [3.8, 4) is 0 Å². The predicted octanol–water partition coefficient (Wildman–Crippen LogP) is 3.42. The molecule has 0 bridgehead atoms. The van der Waals surface area contributed by atoms with E-state index in [-0.39, 0.29) is 18.6 Å². The number of carbonyl (C=O) groups excluding carboxylic acids is 2. The zero-order valence-corrected chi connectivity index (χ0v) is 16.6. The van der Waals surface area contributed by atoms with Gasteiger partial charge in [0.2, 0.25) is 0 Å². The molecule has 6 nitrogen and oxygen atoms in total. The van der Waals surface area contributed by atoms with Crippen LogP contribution in [0.4, 0.5) is 5.82 Å². The molecular weight excluding hydrogens is 366 g/mol. The number of nitrogens with zero attached hydrogens (tertiary/aromatic N) is 2. The average molecular weight is 393 g/mol. The van der Waals surface area contributed by atoms with Crippen LogP contribution in [0.2, 0.25) is 0 Å². The Labute approximate surface area is 171 Å².